The third-order valence-corrected chi connectivity index (χ3v) is 2.87. The Kier molecular flexibility index (Phi) is 2.28. The Hall–Kier alpha value is -0.570. The molecule has 72 valence electrons. The Morgan fingerprint density at radius 3 is 3.00 bits per heavy atom. The van der Waals surface area contributed by atoms with Gasteiger partial charge in [-0.1, -0.05) is 6.92 Å². The van der Waals surface area contributed by atoms with Crippen LogP contribution in [0.4, 0.5) is 0 Å². The van der Waals surface area contributed by atoms with Crippen molar-refractivity contribution in [1.29, 1.82) is 0 Å². The highest BCUT2D eigenvalue weighted by Crippen LogP contribution is 2.29. The van der Waals surface area contributed by atoms with E-state index in [1.165, 1.54) is 0 Å². The monoisotopic (exact) mass is 180 g/mol. The fourth-order valence-electron chi connectivity index (χ4n) is 2.19. The van der Waals surface area contributed by atoms with Gasteiger partial charge >= 0.3 is 0 Å². The van der Waals surface area contributed by atoms with Crippen molar-refractivity contribution in [2.24, 2.45) is 4.99 Å². The average molecular weight is 180 g/mol. The Bertz CT molecular complexity index is 227. The van der Waals surface area contributed by atoms with Crippen molar-refractivity contribution in [3.05, 3.63) is 6.92 Å². The first kappa shape index (κ1) is 9.00. The number of nitrogens with one attached hydrogen (secondary N) is 1. The van der Waals surface area contributed by atoms with Crippen LogP contribution in [0.1, 0.15) is 26.7 Å². The van der Waals surface area contributed by atoms with Crippen molar-refractivity contribution in [2.75, 3.05) is 0 Å². The number of hydrogen-bond acceptors (Lipinski definition) is 3. The fraction of sp³-hybridized carbons (Fsp3) is 0.800. The van der Waals surface area contributed by atoms with Gasteiger partial charge in [-0.05, 0) is 20.3 Å². The number of aliphatic imine (C=N–C) groups is 1. The first-order valence-electron chi connectivity index (χ1n) is 4.95. The lowest BCUT2D eigenvalue weighted by atomic mass is 10.0. The molecule has 1 N–H and O–H groups in total. The number of amidine groups is 1. The van der Waals surface area contributed by atoms with Crippen LogP contribution in [-0.2, 0) is 4.74 Å². The van der Waals surface area contributed by atoms with Crippen LogP contribution >= 0.6 is 0 Å². The van der Waals surface area contributed by atoms with E-state index in [2.05, 4.69) is 24.2 Å². The molecule has 2 heterocycles. The molecule has 4 atom stereocenters. The number of rotatable bonds is 2. The van der Waals surface area contributed by atoms with Crippen molar-refractivity contribution >= 4 is 5.84 Å². The highest BCUT2D eigenvalue weighted by Gasteiger charge is 2.44. The summed E-state index contributed by atoms with van der Waals surface area (Å²) in [6, 6.07) is 0.641. The molecule has 0 saturated carbocycles. The molecule has 1 saturated heterocycles. The lowest BCUT2D eigenvalue weighted by molar-refractivity contribution is 0.0452. The van der Waals surface area contributed by atoms with Crippen molar-refractivity contribution in [3.63, 3.8) is 0 Å². The second-order valence-corrected chi connectivity index (χ2v) is 3.73. The molecule has 3 heteroatoms. The van der Waals surface area contributed by atoms with Crippen molar-refractivity contribution in [3.8, 4) is 0 Å². The average Bonchev–Trinajstić information content (AvgIpc) is 2.66. The largest absolute Gasteiger partial charge is 0.371 e. The summed E-state index contributed by atoms with van der Waals surface area (Å²) in [5.41, 5.74) is 0. The molecule has 0 amide bonds. The molecule has 1 fully saturated rings. The van der Waals surface area contributed by atoms with Gasteiger partial charge in [0.15, 0.2) is 0 Å². The summed E-state index contributed by atoms with van der Waals surface area (Å²) in [5, 5.41) is 3.33. The number of hydrogen-bond donors (Lipinski definition) is 1. The van der Waals surface area contributed by atoms with Gasteiger partial charge in [0.1, 0.15) is 6.04 Å². The lowest BCUT2D eigenvalue weighted by Gasteiger charge is -2.15. The minimum atomic E-state index is 0.228. The van der Waals surface area contributed by atoms with Crippen LogP contribution in [-0.4, -0.2) is 30.1 Å². The van der Waals surface area contributed by atoms with Gasteiger partial charge in [0.05, 0.1) is 24.1 Å². The van der Waals surface area contributed by atoms with Crippen molar-refractivity contribution in [2.45, 2.75) is 51.0 Å². The Labute approximate surface area is 79.6 Å². The van der Waals surface area contributed by atoms with E-state index < -0.39 is 0 Å². The predicted octanol–water partition coefficient (Wildman–Crippen LogP) is 1.02. The van der Waals surface area contributed by atoms with Crippen molar-refractivity contribution < 1.29 is 4.74 Å². The molecule has 0 bridgehead atoms. The Morgan fingerprint density at radius 2 is 2.38 bits per heavy atom. The minimum absolute atomic E-state index is 0.228. The predicted molar refractivity (Wildman–Crippen MR) is 51.7 cm³/mol. The SMILES string of the molecule is [CH]CC1=NC2C(C)OC(CC)C2N1. The molecular weight excluding hydrogens is 164 g/mol. The van der Waals surface area contributed by atoms with Gasteiger partial charge in [0, 0.05) is 6.42 Å². The molecule has 0 aliphatic carbocycles. The van der Waals surface area contributed by atoms with Crippen LogP contribution in [0, 0.1) is 6.92 Å². The van der Waals surface area contributed by atoms with E-state index in [1.54, 1.807) is 0 Å². The van der Waals surface area contributed by atoms with Crippen LogP contribution < -0.4 is 5.32 Å². The third-order valence-electron chi connectivity index (χ3n) is 2.87. The van der Waals surface area contributed by atoms with Crippen molar-refractivity contribution in [1.82, 2.24) is 5.32 Å². The van der Waals surface area contributed by atoms with Crippen LogP contribution in [0.5, 0.6) is 0 Å². The van der Waals surface area contributed by atoms with E-state index in [-0.39, 0.29) is 12.1 Å². The summed E-state index contributed by atoms with van der Waals surface area (Å²) in [4.78, 5) is 4.50. The molecule has 2 rings (SSSR count). The summed E-state index contributed by atoms with van der Waals surface area (Å²) >= 11 is 0. The normalized spacial score (nSPS) is 42.8. The van der Waals surface area contributed by atoms with E-state index in [9.17, 15) is 0 Å². The zero-order valence-corrected chi connectivity index (χ0v) is 8.16. The van der Waals surface area contributed by atoms with Crippen LogP contribution in [0.2, 0.25) is 0 Å². The zero-order chi connectivity index (χ0) is 9.42. The van der Waals surface area contributed by atoms with Crippen LogP contribution in [0.25, 0.3) is 0 Å². The van der Waals surface area contributed by atoms with Crippen LogP contribution in [0.15, 0.2) is 4.99 Å². The van der Waals surface area contributed by atoms with E-state index in [4.69, 9.17) is 11.7 Å². The first-order chi connectivity index (χ1) is 6.26. The number of fused-ring (bicyclic) bond motifs is 1. The molecule has 0 aromatic rings. The minimum Gasteiger partial charge on any atom is -0.371 e. The molecule has 0 aromatic heterocycles. The summed E-state index contributed by atoms with van der Waals surface area (Å²) in [6.07, 6.45) is 2.07. The molecule has 2 radical (unpaired) electrons. The van der Waals surface area contributed by atoms with E-state index in [0.717, 1.165) is 12.3 Å². The fourth-order valence-corrected chi connectivity index (χ4v) is 2.19. The standard InChI is InChI=1S/C10H16N2O/c1-4-7-10-9(6(3)13-7)11-8(5-2)12-10/h2,6-7,9-10H,4-5H2,1,3H3,(H,11,12). The molecular formula is C10H16N2O. The smallest absolute Gasteiger partial charge is 0.100 e. The molecule has 0 aromatic carbocycles. The molecule has 4 unspecified atom stereocenters. The van der Waals surface area contributed by atoms with E-state index in [0.29, 0.717) is 18.6 Å². The van der Waals surface area contributed by atoms with Gasteiger partial charge in [0.2, 0.25) is 0 Å². The topological polar surface area (TPSA) is 33.6 Å². The second-order valence-electron chi connectivity index (χ2n) is 3.73. The van der Waals surface area contributed by atoms with Gasteiger partial charge in [-0.3, -0.25) is 4.99 Å². The highest BCUT2D eigenvalue weighted by atomic mass is 16.5. The van der Waals surface area contributed by atoms with Gasteiger partial charge in [-0.15, -0.1) is 0 Å². The quantitative estimate of drug-likeness (QED) is 0.688. The Balaban J connectivity index is 2.11. The molecule has 0 spiro atoms. The van der Waals surface area contributed by atoms with E-state index >= 15 is 0 Å². The number of ether oxygens (including phenoxy) is 1. The molecule has 2 aliphatic heterocycles. The maximum absolute atomic E-state index is 5.76. The molecule has 3 nitrogen and oxygen atoms in total. The first-order valence-corrected chi connectivity index (χ1v) is 4.95. The van der Waals surface area contributed by atoms with Gasteiger partial charge < -0.3 is 10.1 Å². The number of nitrogens with zero attached hydrogens (tertiary/aromatic N) is 1. The second kappa shape index (κ2) is 3.29. The summed E-state index contributed by atoms with van der Waals surface area (Å²) < 4.78 is 5.76. The highest BCUT2D eigenvalue weighted by molar-refractivity contribution is 5.85. The third kappa shape index (κ3) is 1.35. The molecule has 13 heavy (non-hydrogen) atoms. The molecule has 2 aliphatic rings. The van der Waals surface area contributed by atoms with Gasteiger partial charge in [-0.2, -0.15) is 0 Å². The van der Waals surface area contributed by atoms with Crippen LogP contribution in [0.3, 0.4) is 0 Å². The maximum Gasteiger partial charge on any atom is 0.100 e. The summed E-state index contributed by atoms with van der Waals surface area (Å²) in [6.45, 7) is 9.76. The summed E-state index contributed by atoms with van der Waals surface area (Å²) in [5.74, 6) is 0.934. The maximum atomic E-state index is 5.76. The Morgan fingerprint density at radius 1 is 1.62 bits per heavy atom. The van der Waals surface area contributed by atoms with Gasteiger partial charge in [-0.25, -0.2) is 0 Å². The van der Waals surface area contributed by atoms with E-state index in [1.807, 2.05) is 0 Å². The van der Waals surface area contributed by atoms with Gasteiger partial charge in [0.25, 0.3) is 0 Å². The lowest BCUT2D eigenvalue weighted by Crippen LogP contribution is -2.39. The zero-order valence-electron chi connectivity index (χ0n) is 8.16. The summed E-state index contributed by atoms with van der Waals surface area (Å²) in [7, 11) is 0.